The number of nitrogens with one attached hydrogen (secondary N) is 2. The molecule has 0 radical (unpaired) electrons. The smallest absolute Gasteiger partial charge is 0.243 e. The lowest BCUT2D eigenvalue weighted by Crippen LogP contribution is -2.40. The fourth-order valence-electron chi connectivity index (χ4n) is 4.99. The molecule has 0 spiro atoms. The Morgan fingerprint density at radius 3 is 2.81 bits per heavy atom. The van der Waals surface area contributed by atoms with E-state index in [0.29, 0.717) is 41.8 Å². The number of aromatic hydroxyl groups is 1. The molecule has 2 fully saturated rings. The summed E-state index contributed by atoms with van der Waals surface area (Å²) in [7, 11) is 0. The van der Waals surface area contributed by atoms with Crippen LogP contribution in [0.15, 0.2) is 12.1 Å². The third-order valence-electron chi connectivity index (χ3n) is 7.13. The van der Waals surface area contributed by atoms with Crippen LogP contribution in [0.2, 0.25) is 0 Å². The zero-order valence-electron chi connectivity index (χ0n) is 18.6. The molecule has 2 heterocycles. The van der Waals surface area contributed by atoms with Crippen molar-refractivity contribution in [1.29, 1.82) is 0 Å². The van der Waals surface area contributed by atoms with Crippen LogP contribution in [0.5, 0.6) is 11.5 Å². The van der Waals surface area contributed by atoms with Crippen LogP contribution < -0.4 is 15.4 Å². The average molecular weight is 438 g/mol. The van der Waals surface area contributed by atoms with Gasteiger partial charge in [0.15, 0.2) is 0 Å². The van der Waals surface area contributed by atoms with Crippen molar-refractivity contribution in [3.05, 3.63) is 23.4 Å². The van der Waals surface area contributed by atoms with E-state index in [4.69, 9.17) is 4.74 Å². The summed E-state index contributed by atoms with van der Waals surface area (Å²) in [6, 6.07) is 3.82. The lowest BCUT2D eigenvalue weighted by atomic mass is 9.83. The van der Waals surface area contributed by atoms with Gasteiger partial charge >= 0.3 is 0 Å². The molecule has 1 aliphatic heterocycles. The number of carbonyl (C=O) groups excluding carboxylic acids is 1. The van der Waals surface area contributed by atoms with Crippen LogP contribution in [0, 0.1) is 18.8 Å². The van der Waals surface area contributed by atoms with E-state index in [1.807, 2.05) is 13.0 Å². The van der Waals surface area contributed by atoms with Gasteiger partial charge in [0.25, 0.3) is 0 Å². The predicted molar refractivity (Wildman–Crippen MR) is 121 cm³/mol. The maximum atomic E-state index is 12.6. The van der Waals surface area contributed by atoms with E-state index < -0.39 is 0 Å². The Hall–Kier alpha value is -2.90. The van der Waals surface area contributed by atoms with E-state index in [-0.39, 0.29) is 23.6 Å². The second kappa shape index (κ2) is 8.92. The number of rotatable bonds is 6. The predicted octanol–water partition coefficient (Wildman–Crippen LogP) is 3.37. The van der Waals surface area contributed by atoms with Crippen molar-refractivity contribution in [3.8, 4) is 22.8 Å². The Morgan fingerprint density at radius 1 is 1.19 bits per heavy atom. The molecular formula is C24H31N5O3. The molecule has 32 heavy (non-hydrogen) atoms. The van der Waals surface area contributed by atoms with E-state index in [2.05, 4.69) is 25.8 Å². The Morgan fingerprint density at radius 2 is 2.03 bits per heavy atom. The van der Waals surface area contributed by atoms with Crippen LogP contribution in [-0.4, -0.2) is 45.4 Å². The maximum Gasteiger partial charge on any atom is 0.243 e. The Kier molecular flexibility index (Phi) is 5.85. The first kappa shape index (κ1) is 21.0. The second-order valence-electron chi connectivity index (χ2n) is 9.35. The largest absolute Gasteiger partial charge is 0.507 e. The summed E-state index contributed by atoms with van der Waals surface area (Å²) < 4.78 is 5.51. The van der Waals surface area contributed by atoms with Crippen molar-refractivity contribution in [3.63, 3.8) is 0 Å². The zero-order valence-corrected chi connectivity index (χ0v) is 18.6. The minimum Gasteiger partial charge on any atom is -0.507 e. The van der Waals surface area contributed by atoms with Crippen LogP contribution in [0.4, 0.5) is 5.95 Å². The van der Waals surface area contributed by atoms with Gasteiger partial charge in [0.2, 0.25) is 11.9 Å². The molecule has 170 valence electrons. The van der Waals surface area contributed by atoms with Gasteiger partial charge < -0.3 is 20.5 Å². The van der Waals surface area contributed by atoms with Gasteiger partial charge in [0.1, 0.15) is 17.2 Å². The van der Waals surface area contributed by atoms with Gasteiger partial charge in [-0.1, -0.05) is 12.8 Å². The summed E-state index contributed by atoms with van der Waals surface area (Å²) in [6.07, 6.45) is 8.18. The number of nitrogens with zero attached hydrogens (tertiary/aromatic N) is 3. The summed E-state index contributed by atoms with van der Waals surface area (Å²) in [5.74, 6) is 2.30. The highest BCUT2D eigenvalue weighted by Gasteiger charge is 2.29. The number of aromatic nitrogens is 3. The molecule has 1 aromatic heterocycles. The van der Waals surface area contributed by atoms with Crippen molar-refractivity contribution in [1.82, 2.24) is 20.5 Å². The molecule has 2 aromatic rings. The standard InChI is InChI=1S/C24H31N5O3/c1-14-21(19-8-9-20-18(22(19)30)10-11-32-20)28-29-24(26-14)27-17-7-3-6-16(12-17)23(31)25-13-15-4-2-5-15/h8-9,15-17,30H,2-7,10-13H2,1H3,(H,25,31)(H,26,27,29)/t16-,17+/m0/s1. The number of ether oxygens (including phenoxy) is 1. The van der Waals surface area contributed by atoms with Crippen LogP contribution in [0.25, 0.3) is 11.3 Å². The number of fused-ring (bicyclic) bond motifs is 1. The van der Waals surface area contributed by atoms with E-state index in [1.165, 1.54) is 19.3 Å². The Labute approximate surface area is 188 Å². The van der Waals surface area contributed by atoms with Crippen LogP contribution in [0.1, 0.15) is 56.2 Å². The fourth-order valence-corrected chi connectivity index (χ4v) is 4.99. The second-order valence-corrected chi connectivity index (χ2v) is 9.35. The lowest BCUT2D eigenvalue weighted by molar-refractivity contribution is -0.126. The summed E-state index contributed by atoms with van der Waals surface area (Å²) in [5, 5.41) is 25.8. The van der Waals surface area contributed by atoms with E-state index in [9.17, 15) is 9.90 Å². The first-order valence-electron chi connectivity index (χ1n) is 11.8. The molecule has 3 N–H and O–H groups in total. The van der Waals surface area contributed by atoms with Gasteiger partial charge in [-0.3, -0.25) is 4.79 Å². The highest BCUT2D eigenvalue weighted by atomic mass is 16.5. The number of aryl methyl sites for hydroxylation is 1. The van der Waals surface area contributed by atoms with Crippen LogP contribution >= 0.6 is 0 Å². The number of hydrogen-bond acceptors (Lipinski definition) is 7. The van der Waals surface area contributed by atoms with E-state index in [1.54, 1.807) is 6.07 Å². The summed E-state index contributed by atoms with van der Waals surface area (Å²) in [6.45, 7) is 3.28. The third-order valence-corrected chi connectivity index (χ3v) is 7.13. The van der Waals surface area contributed by atoms with Crippen LogP contribution in [-0.2, 0) is 11.2 Å². The molecule has 0 bridgehead atoms. The highest BCUT2D eigenvalue weighted by Crippen LogP contribution is 2.40. The monoisotopic (exact) mass is 437 g/mol. The lowest BCUT2D eigenvalue weighted by Gasteiger charge is -2.30. The minimum absolute atomic E-state index is 0.0419. The van der Waals surface area contributed by atoms with Crippen molar-refractivity contribution >= 4 is 11.9 Å². The van der Waals surface area contributed by atoms with Gasteiger partial charge in [-0.25, -0.2) is 4.98 Å². The van der Waals surface area contributed by atoms with Crippen LogP contribution in [0.3, 0.4) is 0 Å². The molecule has 2 saturated carbocycles. The minimum atomic E-state index is 0.0419. The molecule has 5 rings (SSSR count). The number of phenols is 1. The SMILES string of the molecule is Cc1nc(N[C@@H]2CCC[C@H](C(=O)NCC3CCC3)C2)nnc1-c1ccc2c(c1O)CCO2. The first-order valence-corrected chi connectivity index (χ1v) is 11.8. The van der Waals surface area contributed by atoms with Crippen molar-refractivity contribution in [2.45, 2.75) is 64.3 Å². The number of carbonyl (C=O) groups is 1. The molecule has 8 nitrogen and oxygen atoms in total. The summed E-state index contributed by atoms with van der Waals surface area (Å²) >= 11 is 0. The van der Waals surface area contributed by atoms with Gasteiger partial charge in [0.05, 0.1) is 12.3 Å². The third kappa shape index (κ3) is 4.23. The van der Waals surface area contributed by atoms with Crippen molar-refractivity contribution < 1.29 is 14.6 Å². The van der Waals surface area contributed by atoms with Crippen molar-refractivity contribution in [2.75, 3.05) is 18.5 Å². The number of amides is 1. The molecule has 3 aliphatic rings. The van der Waals surface area contributed by atoms with Gasteiger partial charge in [-0.15, -0.1) is 10.2 Å². The summed E-state index contributed by atoms with van der Waals surface area (Å²) in [4.78, 5) is 17.2. The van der Waals surface area contributed by atoms with Crippen molar-refractivity contribution in [2.24, 2.45) is 11.8 Å². The molecule has 0 unspecified atom stereocenters. The Bertz CT molecular complexity index is 1010. The van der Waals surface area contributed by atoms with Gasteiger partial charge in [-0.2, -0.15) is 0 Å². The number of hydrogen-bond donors (Lipinski definition) is 3. The molecule has 1 amide bonds. The quantitative estimate of drug-likeness (QED) is 0.636. The molecule has 8 heteroatoms. The molecule has 2 atom stereocenters. The highest BCUT2D eigenvalue weighted by molar-refractivity contribution is 5.79. The fraction of sp³-hybridized carbons (Fsp3) is 0.583. The molecule has 2 aliphatic carbocycles. The number of anilines is 1. The Balaban J connectivity index is 1.23. The normalized spacial score (nSPS) is 22.5. The van der Waals surface area contributed by atoms with E-state index >= 15 is 0 Å². The maximum absolute atomic E-state index is 12.6. The van der Waals surface area contributed by atoms with E-state index in [0.717, 1.165) is 43.5 Å². The number of phenolic OH excluding ortho intramolecular Hbond substituents is 1. The molecule has 1 aromatic carbocycles. The van der Waals surface area contributed by atoms with Gasteiger partial charge in [-0.05, 0) is 57.1 Å². The topological polar surface area (TPSA) is 109 Å². The van der Waals surface area contributed by atoms with Gasteiger partial charge in [0, 0.05) is 36.1 Å². The average Bonchev–Trinajstić information content (AvgIpc) is 3.24. The number of benzene rings is 1. The summed E-state index contributed by atoms with van der Waals surface area (Å²) in [5.41, 5.74) is 2.70. The molecule has 0 saturated heterocycles. The zero-order chi connectivity index (χ0) is 22.1. The first-order chi connectivity index (χ1) is 15.6. The molecular weight excluding hydrogens is 406 g/mol.